The highest BCUT2D eigenvalue weighted by atomic mass is 32.1. The van der Waals surface area contributed by atoms with Crippen LogP contribution in [0.3, 0.4) is 0 Å². The van der Waals surface area contributed by atoms with Crippen LogP contribution in [-0.4, -0.2) is 35.1 Å². The number of ether oxygens (including phenoxy) is 2. The third-order valence-corrected chi connectivity index (χ3v) is 5.38. The van der Waals surface area contributed by atoms with Gasteiger partial charge in [-0.25, -0.2) is 4.98 Å². The van der Waals surface area contributed by atoms with Gasteiger partial charge in [-0.15, -0.1) is 0 Å². The number of methoxy groups -OCH3 is 2. The topological polar surface area (TPSA) is 89.1 Å². The Balaban J connectivity index is 1.62. The quantitative estimate of drug-likeness (QED) is 0.528. The minimum Gasteiger partial charge on any atom is -0.497 e. The lowest BCUT2D eigenvalue weighted by atomic mass is 10.2. The molecule has 0 saturated carbocycles. The van der Waals surface area contributed by atoms with Crippen molar-refractivity contribution < 1.29 is 14.3 Å². The molecule has 3 heterocycles. The molecule has 4 rings (SSSR count). The van der Waals surface area contributed by atoms with E-state index < -0.39 is 0 Å². The van der Waals surface area contributed by atoms with Crippen molar-refractivity contribution in [3.05, 3.63) is 54.0 Å². The van der Waals surface area contributed by atoms with Gasteiger partial charge >= 0.3 is 0 Å². The number of hydrogen-bond donors (Lipinski definition) is 2. The van der Waals surface area contributed by atoms with E-state index in [0.29, 0.717) is 22.3 Å². The second-order valence-corrected chi connectivity index (χ2v) is 7.08. The van der Waals surface area contributed by atoms with Crippen LogP contribution in [0.4, 0.5) is 5.13 Å². The summed E-state index contributed by atoms with van der Waals surface area (Å²) in [7, 11) is 3.16. The third-order valence-electron chi connectivity index (χ3n) is 4.28. The lowest BCUT2D eigenvalue weighted by Crippen LogP contribution is -2.11. The molecular weight excluding hydrogens is 376 g/mol. The Morgan fingerprint density at radius 3 is 2.75 bits per heavy atom. The average Bonchev–Trinajstić information content (AvgIpc) is 3.31. The van der Waals surface area contributed by atoms with Gasteiger partial charge < -0.3 is 14.5 Å². The van der Waals surface area contributed by atoms with E-state index in [1.807, 2.05) is 31.2 Å². The first-order valence-corrected chi connectivity index (χ1v) is 9.35. The molecule has 1 amide bonds. The number of fused-ring (bicyclic) bond motifs is 1. The van der Waals surface area contributed by atoms with Gasteiger partial charge in [-0.1, -0.05) is 17.4 Å². The largest absolute Gasteiger partial charge is 0.497 e. The van der Waals surface area contributed by atoms with Crippen molar-refractivity contribution in [3.8, 4) is 22.1 Å². The zero-order valence-electron chi connectivity index (χ0n) is 15.6. The minimum atomic E-state index is -0.279. The van der Waals surface area contributed by atoms with Crippen LogP contribution in [0.5, 0.6) is 11.5 Å². The number of nitrogens with zero attached hydrogens (tertiary/aromatic N) is 2. The molecule has 0 radical (unpaired) electrons. The second-order valence-electron chi connectivity index (χ2n) is 6.08. The van der Waals surface area contributed by atoms with E-state index in [4.69, 9.17) is 9.47 Å². The number of H-pyrrole nitrogens is 1. The van der Waals surface area contributed by atoms with E-state index in [2.05, 4.69) is 20.3 Å². The molecular formula is C20H18N4O3S. The van der Waals surface area contributed by atoms with Gasteiger partial charge in [-0.3, -0.25) is 15.1 Å². The Kier molecular flexibility index (Phi) is 4.70. The fourth-order valence-corrected chi connectivity index (χ4v) is 3.87. The summed E-state index contributed by atoms with van der Waals surface area (Å²) in [5.74, 6) is 0.986. The van der Waals surface area contributed by atoms with Crippen molar-refractivity contribution >= 4 is 33.3 Å². The van der Waals surface area contributed by atoms with Gasteiger partial charge in [0.2, 0.25) is 0 Å². The average molecular weight is 394 g/mol. The van der Waals surface area contributed by atoms with Crippen LogP contribution in [0.25, 0.3) is 21.5 Å². The van der Waals surface area contributed by atoms with Gasteiger partial charge in [0, 0.05) is 17.6 Å². The van der Waals surface area contributed by atoms with Gasteiger partial charge in [-0.2, -0.15) is 0 Å². The molecule has 8 heteroatoms. The third kappa shape index (κ3) is 3.29. The Labute approximate surface area is 165 Å². The van der Waals surface area contributed by atoms with Gasteiger partial charge in [0.1, 0.15) is 17.2 Å². The number of hydrogen-bond acceptors (Lipinski definition) is 6. The summed E-state index contributed by atoms with van der Waals surface area (Å²) in [6.07, 6.45) is 1.74. The van der Waals surface area contributed by atoms with Crippen molar-refractivity contribution in [1.82, 2.24) is 15.0 Å². The maximum atomic E-state index is 12.7. The van der Waals surface area contributed by atoms with Gasteiger partial charge in [-0.05, 0) is 31.2 Å². The Morgan fingerprint density at radius 2 is 2.04 bits per heavy atom. The number of carbonyl (C=O) groups is 1. The Morgan fingerprint density at radius 1 is 1.18 bits per heavy atom. The summed E-state index contributed by atoms with van der Waals surface area (Å²) in [4.78, 5) is 25.6. The number of rotatable bonds is 5. The molecule has 28 heavy (non-hydrogen) atoms. The van der Waals surface area contributed by atoms with Crippen molar-refractivity contribution in [3.63, 3.8) is 0 Å². The molecule has 1 aromatic carbocycles. The van der Waals surface area contributed by atoms with Crippen molar-refractivity contribution in [2.75, 3.05) is 19.5 Å². The second kappa shape index (κ2) is 7.32. The molecule has 0 unspecified atom stereocenters. The summed E-state index contributed by atoms with van der Waals surface area (Å²) >= 11 is 1.39. The van der Waals surface area contributed by atoms with E-state index in [-0.39, 0.29) is 5.91 Å². The van der Waals surface area contributed by atoms with Crippen LogP contribution in [0, 0.1) is 6.92 Å². The van der Waals surface area contributed by atoms with Crippen LogP contribution in [0.15, 0.2) is 42.6 Å². The number of amides is 1. The minimum absolute atomic E-state index is 0.279. The molecule has 0 saturated heterocycles. The first-order chi connectivity index (χ1) is 13.6. The number of pyridine rings is 1. The number of carbonyl (C=O) groups excluding carboxylic acids is 1. The van der Waals surface area contributed by atoms with Crippen molar-refractivity contribution in [2.45, 2.75) is 6.92 Å². The maximum Gasteiger partial charge on any atom is 0.273 e. The summed E-state index contributed by atoms with van der Waals surface area (Å²) < 4.78 is 10.7. The standard InChI is InChI=1S/C20H18N4O3S/c1-11-18(14-6-4-5-7-21-14)28-20(22-11)24-19(25)15-9-12-8-13(26-2)10-16(27-3)17(12)23-15/h4-10,23H,1-3H3,(H,22,24,25). The van der Waals surface area contributed by atoms with E-state index in [1.54, 1.807) is 32.5 Å². The highest BCUT2D eigenvalue weighted by Gasteiger charge is 2.17. The van der Waals surface area contributed by atoms with Crippen molar-refractivity contribution in [2.24, 2.45) is 0 Å². The fraction of sp³-hybridized carbons (Fsp3) is 0.150. The summed E-state index contributed by atoms with van der Waals surface area (Å²) in [5.41, 5.74) is 2.80. The van der Waals surface area contributed by atoms with Gasteiger partial charge in [0.25, 0.3) is 5.91 Å². The van der Waals surface area contributed by atoms with E-state index >= 15 is 0 Å². The molecule has 7 nitrogen and oxygen atoms in total. The van der Waals surface area contributed by atoms with E-state index in [1.165, 1.54) is 11.3 Å². The van der Waals surface area contributed by atoms with Gasteiger partial charge in [0.05, 0.1) is 36.0 Å². The molecule has 0 aliphatic heterocycles. The fourth-order valence-electron chi connectivity index (χ4n) is 2.93. The van der Waals surface area contributed by atoms with Crippen LogP contribution < -0.4 is 14.8 Å². The lowest BCUT2D eigenvalue weighted by molar-refractivity contribution is 0.102. The van der Waals surface area contributed by atoms with E-state index in [0.717, 1.165) is 27.2 Å². The summed E-state index contributed by atoms with van der Waals surface area (Å²) in [6.45, 7) is 1.90. The summed E-state index contributed by atoms with van der Waals surface area (Å²) in [5, 5.41) is 4.20. The smallest absolute Gasteiger partial charge is 0.273 e. The number of nitrogens with one attached hydrogen (secondary N) is 2. The first kappa shape index (κ1) is 18.0. The molecule has 0 spiro atoms. The highest BCUT2D eigenvalue weighted by molar-refractivity contribution is 7.19. The molecule has 0 fully saturated rings. The number of anilines is 1. The molecule has 142 valence electrons. The SMILES string of the molecule is COc1cc(OC)c2[nH]c(C(=O)Nc3nc(C)c(-c4ccccn4)s3)cc2c1. The monoisotopic (exact) mass is 394 g/mol. The number of aromatic nitrogens is 3. The summed E-state index contributed by atoms with van der Waals surface area (Å²) in [6, 6.07) is 11.1. The van der Waals surface area contributed by atoms with Crippen LogP contribution in [0.2, 0.25) is 0 Å². The molecule has 2 N–H and O–H groups in total. The predicted molar refractivity (Wildman–Crippen MR) is 109 cm³/mol. The number of thiazole rings is 1. The first-order valence-electron chi connectivity index (χ1n) is 8.54. The van der Waals surface area contributed by atoms with Crippen LogP contribution in [0.1, 0.15) is 16.2 Å². The van der Waals surface area contributed by atoms with Gasteiger partial charge in [0.15, 0.2) is 5.13 Å². The van der Waals surface area contributed by atoms with E-state index in [9.17, 15) is 4.79 Å². The molecule has 0 aliphatic carbocycles. The Hall–Kier alpha value is -3.39. The Bertz CT molecular complexity index is 1150. The molecule has 3 aromatic heterocycles. The number of aromatic amines is 1. The molecule has 0 bridgehead atoms. The zero-order chi connectivity index (χ0) is 19.7. The normalized spacial score (nSPS) is 10.8. The molecule has 4 aromatic rings. The highest BCUT2D eigenvalue weighted by Crippen LogP contribution is 2.33. The lowest BCUT2D eigenvalue weighted by Gasteiger charge is -2.05. The van der Waals surface area contributed by atoms with Crippen LogP contribution in [-0.2, 0) is 0 Å². The zero-order valence-corrected chi connectivity index (χ0v) is 16.4. The van der Waals surface area contributed by atoms with Crippen LogP contribution >= 0.6 is 11.3 Å². The number of benzene rings is 1. The van der Waals surface area contributed by atoms with Crippen molar-refractivity contribution in [1.29, 1.82) is 0 Å². The maximum absolute atomic E-state index is 12.7. The number of aryl methyl sites for hydroxylation is 1. The molecule has 0 atom stereocenters. The molecule has 0 aliphatic rings. The predicted octanol–water partition coefficient (Wildman–Crippen LogP) is 4.26.